The molecule has 15 heavy (non-hydrogen) atoms. The summed E-state index contributed by atoms with van der Waals surface area (Å²) in [5.74, 6) is 0.375. The third-order valence-electron chi connectivity index (χ3n) is 3.20. The molecule has 1 heterocycles. The Morgan fingerprint density at radius 2 is 2.20 bits per heavy atom. The average molecular weight is 207 g/mol. The molecule has 0 bridgehead atoms. The number of phenols is 1. The minimum Gasteiger partial charge on any atom is -0.507 e. The molecular formula is C12H17NO2. The van der Waals surface area contributed by atoms with Crippen molar-refractivity contribution in [3.63, 3.8) is 0 Å². The van der Waals surface area contributed by atoms with E-state index in [-0.39, 0.29) is 12.5 Å². The molecule has 0 aromatic heterocycles. The van der Waals surface area contributed by atoms with Crippen molar-refractivity contribution in [2.24, 2.45) is 0 Å². The van der Waals surface area contributed by atoms with Crippen molar-refractivity contribution in [1.29, 1.82) is 0 Å². The van der Waals surface area contributed by atoms with Crippen LogP contribution in [0.1, 0.15) is 24.0 Å². The summed E-state index contributed by atoms with van der Waals surface area (Å²) in [4.78, 5) is 2.14. The van der Waals surface area contributed by atoms with Crippen LogP contribution in [-0.2, 0) is 6.42 Å². The van der Waals surface area contributed by atoms with Gasteiger partial charge >= 0.3 is 0 Å². The maximum absolute atomic E-state index is 10.1. The van der Waals surface area contributed by atoms with E-state index < -0.39 is 0 Å². The number of hydrogen-bond donors (Lipinski definition) is 2. The Morgan fingerprint density at radius 1 is 1.47 bits per heavy atom. The molecule has 0 radical (unpaired) electrons. The monoisotopic (exact) mass is 207 g/mol. The van der Waals surface area contributed by atoms with Gasteiger partial charge in [0.05, 0.1) is 0 Å². The molecular weight excluding hydrogens is 190 g/mol. The van der Waals surface area contributed by atoms with Gasteiger partial charge in [0.15, 0.2) is 0 Å². The summed E-state index contributed by atoms with van der Waals surface area (Å²) in [6.07, 6.45) is 0.893. The third-order valence-corrected chi connectivity index (χ3v) is 3.20. The van der Waals surface area contributed by atoms with Gasteiger partial charge in [0.25, 0.3) is 0 Å². The van der Waals surface area contributed by atoms with Crippen molar-refractivity contribution >= 4 is 5.69 Å². The molecule has 1 unspecified atom stereocenters. The first kappa shape index (κ1) is 10.3. The zero-order valence-electron chi connectivity index (χ0n) is 9.20. The fourth-order valence-electron chi connectivity index (χ4n) is 2.14. The number of phenolic OH excluding ortho intramolecular Hbond substituents is 1. The van der Waals surface area contributed by atoms with Crippen LogP contribution < -0.4 is 4.90 Å². The number of hydrogen-bond acceptors (Lipinski definition) is 3. The van der Waals surface area contributed by atoms with Crippen LogP contribution in [0.25, 0.3) is 0 Å². The normalized spacial score (nSPS) is 16.6. The van der Waals surface area contributed by atoms with Gasteiger partial charge in [-0.05, 0) is 18.1 Å². The highest BCUT2D eigenvalue weighted by atomic mass is 16.3. The van der Waals surface area contributed by atoms with Gasteiger partial charge in [-0.3, -0.25) is 0 Å². The van der Waals surface area contributed by atoms with Crippen LogP contribution >= 0.6 is 0 Å². The van der Waals surface area contributed by atoms with Gasteiger partial charge in [0.2, 0.25) is 0 Å². The molecule has 1 aliphatic heterocycles. The molecule has 0 saturated heterocycles. The summed E-state index contributed by atoms with van der Waals surface area (Å²) >= 11 is 0. The Labute approximate surface area is 90.0 Å². The standard InChI is InChI=1S/C12H17NO2/c1-8(7-14)9-3-4-11-10(12(9)15)5-6-13(11)2/h3-4,8,14-15H,5-7H2,1-2H3. The van der Waals surface area contributed by atoms with Crippen molar-refractivity contribution in [2.45, 2.75) is 19.3 Å². The van der Waals surface area contributed by atoms with Crippen molar-refractivity contribution in [1.82, 2.24) is 0 Å². The van der Waals surface area contributed by atoms with E-state index in [1.807, 2.05) is 26.1 Å². The van der Waals surface area contributed by atoms with Crippen LogP contribution in [0.2, 0.25) is 0 Å². The van der Waals surface area contributed by atoms with Crippen LogP contribution in [-0.4, -0.2) is 30.4 Å². The number of aromatic hydroxyl groups is 1. The second-order valence-corrected chi connectivity index (χ2v) is 4.26. The molecule has 0 saturated carbocycles. The molecule has 2 rings (SSSR count). The van der Waals surface area contributed by atoms with Crippen LogP contribution in [0.3, 0.4) is 0 Å². The first-order chi connectivity index (χ1) is 7.15. The summed E-state index contributed by atoms with van der Waals surface area (Å²) in [5.41, 5.74) is 2.99. The minimum absolute atomic E-state index is 0.00112. The summed E-state index contributed by atoms with van der Waals surface area (Å²) in [6, 6.07) is 3.94. The van der Waals surface area contributed by atoms with Gasteiger partial charge in [-0.15, -0.1) is 0 Å². The zero-order valence-corrected chi connectivity index (χ0v) is 9.20. The first-order valence-corrected chi connectivity index (χ1v) is 5.32. The first-order valence-electron chi connectivity index (χ1n) is 5.32. The van der Waals surface area contributed by atoms with Crippen molar-refractivity contribution in [2.75, 3.05) is 25.1 Å². The molecule has 82 valence electrons. The van der Waals surface area contributed by atoms with Crippen LogP contribution in [0, 0.1) is 0 Å². The maximum atomic E-state index is 10.1. The van der Waals surface area contributed by atoms with Gasteiger partial charge in [-0.1, -0.05) is 13.0 Å². The van der Waals surface area contributed by atoms with Gasteiger partial charge in [-0.25, -0.2) is 0 Å². The molecule has 0 fully saturated rings. The van der Waals surface area contributed by atoms with Crippen LogP contribution in [0.15, 0.2) is 12.1 Å². The third kappa shape index (κ3) is 1.57. The number of aliphatic hydroxyl groups excluding tert-OH is 1. The number of likely N-dealkylation sites (N-methyl/N-ethyl adjacent to an activating group) is 1. The summed E-state index contributed by atoms with van der Waals surface area (Å²) in [7, 11) is 2.03. The molecule has 0 amide bonds. The summed E-state index contributed by atoms with van der Waals surface area (Å²) in [5, 5.41) is 19.2. The number of fused-ring (bicyclic) bond motifs is 1. The highest BCUT2D eigenvalue weighted by molar-refractivity contribution is 5.65. The Balaban J connectivity index is 2.46. The van der Waals surface area contributed by atoms with Crippen molar-refractivity contribution in [3.05, 3.63) is 23.3 Å². The highest BCUT2D eigenvalue weighted by Crippen LogP contribution is 2.38. The molecule has 1 aliphatic rings. The molecule has 3 heteroatoms. The van der Waals surface area contributed by atoms with Gasteiger partial charge in [0, 0.05) is 37.4 Å². The lowest BCUT2D eigenvalue weighted by atomic mass is 9.97. The molecule has 3 nitrogen and oxygen atoms in total. The fraction of sp³-hybridized carbons (Fsp3) is 0.500. The lowest BCUT2D eigenvalue weighted by Crippen LogP contribution is -2.12. The van der Waals surface area contributed by atoms with Gasteiger partial charge in [-0.2, -0.15) is 0 Å². The Kier molecular flexibility index (Phi) is 2.57. The quantitative estimate of drug-likeness (QED) is 0.772. The lowest BCUT2D eigenvalue weighted by molar-refractivity contribution is 0.270. The average Bonchev–Trinajstić information content (AvgIpc) is 2.61. The molecule has 1 atom stereocenters. The minimum atomic E-state index is 0.00112. The molecule has 0 aliphatic carbocycles. The zero-order chi connectivity index (χ0) is 11.0. The highest BCUT2D eigenvalue weighted by Gasteiger charge is 2.22. The molecule has 2 N–H and O–H groups in total. The van der Waals surface area contributed by atoms with E-state index in [1.54, 1.807) is 0 Å². The smallest absolute Gasteiger partial charge is 0.124 e. The topological polar surface area (TPSA) is 43.7 Å². The predicted octanol–water partition coefficient (Wildman–Crippen LogP) is 1.48. The summed E-state index contributed by atoms with van der Waals surface area (Å²) < 4.78 is 0. The number of nitrogens with zero attached hydrogens (tertiary/aromatic N) is 1. The van der Waals surface area contributed by atoms with Gasteiger partial charge < -0.3 is 15.1 Å². The molecule has 1 aromatic rings. The van der Waals surface area contributed by atoms with E-state index in [0.717, 1.165) is 29.8 Å². The second kappa shape index (κ2) is 3.74. The van der Waals surface area contributed by atoms with E-state index >= 15 is 0 Å². The maximum Gasteiger partial charge on any atom is 0.124 e. The Hall–Kier alpha value is -1.22. The Morgan fingerprint density at radius 3 is 2.87 bits per heavy atom. The molecule has 0 spiro atoms. The Bertz CT molecular complexity index is 376. The number of aliphatic hydroxyl groups is 1. The van der Waals surface area contributed by atoms with E-state index in [2.05, 4.69) is 4.90 Å². The number of anilines is 1. The van der Waals surface area contributed by atoms with Crippen LogP contribution in [0.5, 0.6) is 5.75 Å². The second-order valence-electron chi connectivity index (χ2n) is 4.26. The van der Waals surface area contributed by atoms with Crippen molar-refractivity contribution < 1.29 is 10.2 Å². The SMILES string of the molecule is CC(CO)c1ccc2c(c1O)CCN2C. The molecule has 1 aromatic carbocycles. The van der Waals surface area contributed by atoms with E-state index in [0.29, 0.717) is 5.75 Å². The summed E-state index contributed by atoms with van der Waals surface area (Å²) in [6.45, 7) is 2.95. The largest absolute Gasteiger partial charge is 0.507 e. The van der Waals surface area contributed by atoms with E-state index in [1.165, 1.54) is 0 Å². The van der Waals surface area contributed by atoms with Crippen LogP contribution in [0.4, 0.5) is 5.69 Å². The number of benzene rings is 1. The fourth-order valence-corrected chi connectivity index (χ4v) is 2.14. The number of rotatable bonds is 2. The van der Waals surface area contributed by atoms with Gasteiger partial charge in [0.1, 0.15) is 5.75 Å². The predicted molar refractivity (Wildman–Crippen MR) is 60.6 cm³/mol. The lowest BCUT2D eigenvalue weighted by Gasteiger charge is -2.16. The van der Waals surface area contributed by atoms with Crippen molar-refractivity contribution in [3.8, 4) is 5.75 Å². The van der Waals surface area contributed by atoms with E-state index in [9.17, 15) is 5.11 Å². The van der Waals surface area contributed by atoms with E-state index in [4.69, 9.17) is 5.11 Å².